The lowest BCUT2D eigenvalue weighted by atomic mass is 10.1. The second kappa shape index (κ2) is 9.73. The molecular weight excluding hydrogens is 300 g/mol. The van der Waals surface area contributed by atoms with Gasteiger partial charge in [0.05, 0.1) is 6.61 Å². The minimum absolute atomic E-state index is 0.112. The molecule has 0 aliphatic heterocycles. The lowest BCUT2D eigenvalue weighted by Gasteiger charge is -2.12. The molecule has 0 atom stereocenters. The Morgan fingerprint density at radius 3 is 2.50 bits per heavy atom. The van der Waals surface area contributed by atoms with Gasteiger partial charge in [-0.25, -0.2) is 0 Å². The minimum atomic E-state index is -0.112. The number of anilines is 1. The number of nitrogens with one attached hydrogen (secondary N) is 2. The third-order valence-electron chi connectivity index (χ3n) is 3.71. The number of unbranched alkanes of at least 4 members (excludes halogenated alkanes) is 1. The van der Waals surface area contributed by atoms with E-state index in [1.165, 1.54) is 0 Å². The van der Waals surface area contributed by atoms with E-state index in [1.54, 1.807) is 12.1 Å². The second-order valence-corrected chi connectivity index (χ2v) is 5.62. The van der Waals surface area contributed by atoms with Crippen molar-refractivity contribution in [3.63, 3.8) is 0 Å². The van der Waals surface area contributed by atoms with Crippen LogP contribution >= 0.6 is 0 Å². The van der Waals surface area contributed by atoms with Crippen LogP contribution in [0.5, 0.6) is 5.75 Å². The molecule has 2 N–H and O–H groups in total. The molecule has 24 heavy (non-hydrogen) atoms. The molecule has 0 spiro atoms. The highest BCUT2D eigenvalue weighted by atomic mass is 16.5. The predicted octanol–water partition coefficient (Wildman–Crippen LogP) is 4.23. The van der Waals surface area contributed by atoms with E-state index in [9.17, 15) is 4.79 Å². The van der Waals surface area contributed by atoms with Crippen LogP contribution in [0, 0.1) is 0 Å². The Morgan fingerprint density at radius 1 is 1.04 bits per heavy atom. The normalized spacial score (nSPS) is 10.4. The van der Waals surface area contributed by atoms with Gasteiger partial charge >= 0.3 is 0 Å². The van der Waals surface area contributed by atoms with Gasteiger partial charge in [0.1, 0.15) is 5.75 Å². The number of ether oxygens (including phenoxy) is 1. The Bertz CT molecular complexity index is 638. The van der Waals surface area contributed by atoms with Crippen LogP contribution in [0.25, 0.3) is 0 Å². The van der Waals surface area contributed by atoms with Crippen LogP contribution in [0.1, 0.15) is 42.6 Å². The van der Waals surface area contributed by atoms with E-state index in [-0.39, 0.29) is 5.91 Å². The van der Waals surface area contributed by atoms with E-state index in [0.29, 0.717) is 12.2 Å². The van der Waals surface area contributed by atoms with Crippen LogP contribution in [0.2, 0.25) is 0 Å². The summed E-state index contributed by atoms with van der Waals surface area (Å²) in [5.74, 6) is 0.687. The summed E-state index contributed by atoms with van der Waals surface area (Å²) in [6.45, 7) is 6.52. The van der Waals surface area contributed by atoms with Gasteiger partial charge in [-0.3, -0.25) is 4.79 Å². The van der Waals surface area contributed by atoms with Crippen LogP contribution in [0.4, 0.5) is 5.69 Å². The van der Waals surface area contributed by atoms with Crippen LogP contribution in [0.3, 0.4) is 0 Å². The Balaban J connectivity index is 1.99. The summed E-state index contributed by atoms with van der Waals surface area (Å²) in [7, 11) is 0. The molecule has 0 heterocycles. The van der Waals surface area contributed by atoms with Gasteiger partial charge in [0.25, 0.3) is 5.91 Å². The molecule has 0 aliphatic rings. The molecule has 2 aromatic carbocycles. The second-order valence-electron chi connectivity index (χ2n) is 5.62. The highest BCUT2D eigenvalue weighted by Crippen LogP contribution is 2.18. The zero-order valence-electron chi connectivity index (χ0n) is 14.5. The van der Waals surface area contributed by atoms with Crippen molar-refractivity contribution in [2.75, 3.05) is 18.5 Å². The molecule has 0 radical (unpaired) electrons. The van der Waals surface area contributed by atoms with E-state index in [0.717, 1.165) is 42.9 Å². The van der Waals surface area contributed by atoms with Gasteiger partial charge in [-0.05, 0) is 48.9 Å². The first-order chi connectivity index (χ1) is 11.7. The lowest BCUT2D eigenvalue weighted by molar-refractivity contribution is 0.102. The average Bonchev–Trinajstić information content (AvgIpc) is 2.62. The van der Waals surface area contributed by atoms with E-state index in [4.69, 9.17) is 4.74 Å². The fourth-order valence-electron chi connectivity index (χ4n) is 2.29. The Morgan fingerprint density at radius 2 is 1.79 bits per heavy atom. The number of carbonyl (C=O) groups is 1. The van der Waals surface area contributed by atoms with Crippen molar-refractivity contribution < 1.29 is 9.53 Å². The summed E-state index contributed by atoms with van der Waals surface area (Å²) in [5.41, 5.74) is 2.54. The van der Waals surface area contributed by atoms with Gasteiger partial charge in [-0.2, -0.15) is 0 Å². The fraction of sp³-hybridized carbons (Fsp3) is 0.350. The van der Waals surface area contributed by atoms with Crippen LogP contribution < -0.4 is 15.4 Å². The van der Waals surface area contributed by atoms with Gasteiger partial charge in [0, 0.05) is 17.8 Å². The number of rotatable bonds is 9. The molecule has 128 valence electrons. The molecular formula is C20H26N2O2. The molecule has 0 fully saturated rings. The summed E-state index contributed by atoms with van der Waals surface area (Å²) in [6.07, 6.45) is 2.14. The van der Waals surface area contributed by atoms with E-state index < -0.39 is 0 Å². The zero-order valence-corrected chi connectivity index (χ0v) is 14.5. The first kappa shape index (κ1) is 18.0. The van der Waals surface area contributed by atoms with Crippen molar-refractivity contribution in [1.29, 1.82) is 0 Å². The van der Waals surface area contributed by atoms with E-state index in [1.807, 2.05) is 36.4 Å². The summed E-state index contributed by atoms with van der Waals surface area (Å²) < 4.78 is 5.62. The zero-order chi connectivity index (χ0) is 17.2. The molecule has 0 aromatic heterocycles. The lowest BCUT2D eigenvalue weighted by Crippen LogP contribution is -2.17. The summed E-state index contributed by atoms with van der Waals surface area (Å²) in [6, 6.07) is 15.1. The molecule has 0 aliphatic carbocycles. The quantitative estimate of drug-likeness (QED) is 0.678. The van der Waals surface area contributed by atoms with E-state index >= 15 is 0 Å². The Kier molecular flexibility index (Phi) is 7.30. The average molecular weight is 326 g/mol. The molecule has 0 bridgehead atoms. The van der Waals surface area contributed by atoms with Crippen molar-refractivity contribution >= 4 is 11.6 Å². The first-order valence-corrected chi connectivity index (χ1v) is 8.57. The standard InChI is InChI=1S/C20H26N2O2/c1-3-5-14-24-18-12-10-16(11-13-18)20(23)22-19-9-7-6-8-17(19)15-21-4-2/h6-13,21H,3-5,14-15H2,1-2H3,(H,22,23). The predicted molar refractivity (Wildman–Crippen MR) is 98.6 cm³/mol. The highest BCUT2D eigenvalue weighted by Gasteiger charge is 2.09. The van der Waals surface area contributed by atoms with E-state index in [2.05, 4.69) is 24.5 Å². The van der Waals surface area contributed by atoms with Crippen molar-refractivity contribution in [3.05, 3.63) is 59.7 Å². The molecule has 4 nitrogen and oxygen atoms in total. The number of benzene rings is 2. The van der Waals surface area contributed by atoms with Crippen LogP contribution in [-0.2, 0) is 6.54 Å². The topological polar surface area (TPSA) is 50.4 Å². The van der Waals surface area contributed by atoms with Crippen molar-refractivity contribution in [1.82, 2.24) is 5.32 Å². The molecule has 2 rings (SSSR count). The summed E-state index contributed by atoms with van der Waals surface area (Å²) in [5, 5.41) is 6.27. The Hall–Kier alpha value is -2.33. The SMILES string of the molecule is CCCCOc1ccc(C(=O)Nc2ccccc2CNCC)cc1. The third-order valence-corrected chi connectivity index (χ3v) is 3.71. The number of hydrogen-bond donors (Lipinski definition) is 2. The molecule has 2 aromatic rings. The van der Waals surface area contributed by atoms with Gasteiger partial charge in [0.2, 0.25) is 0 Å². The maximum absolute atomic E-state index is 12.4. The molecule has 0 saturated heterocycles. The molecule has 4 heteroatoms. The van der Waals surface area contributed by atoms with Crippen molar-refractivity contribution in [2.24, 2.45) is 0 Å². The minimum Gasteiger partial charge on any atom is -0.494 e. The van der Waals surface area contributed by atoms with Crippen LogP contribution in [-0.4, -0.2) is 19.1 Å². The fourth-order valence-corrected chi connectivity index (χ4v) is 2.29. The molecule has 0 unspecified atom stereocenters. The van der Waals surface area contributed by atoms with Gasteiger partial charge in [-0.15, -0.1) is 0 Å². The Labute approximate surface area is 144 Å². The highest BCUT2D eigenvalue weighted by molar-refractivity contribution is 6.04. The van der Waals surface area contributed by atoms with Crippen molar-refractivity contribution in [3.8, 4) is 5.75 Å². The smallest absolute Gasteiger partial charge is 0.255 e. The maximum Gasteiger partial charge on any atom is 0.255 e. The summed E-state index contributed by atoms with van der Waals surface area (Å²) in [4.78, 5) is 12.4. The number of hydrogen-bond acceptors (Lipinski definition) is 3. The van der Waals surface area contributed by atoms with Crippen LogP contribution in [0.15, 0.2) is 48.5 Å². The number of amides is 1. The summed E-state index contributed by atoms with van der Waals surface area (Å²) >= 11 is 0. The third kappa shape index (κ3) is 5.39. The number of para-hydroxylation sites is 1. The number of carbonyl (C=O) groups excluding carboxylic acids is 1. The molecule has 1 amide bonds. The van der Waals surface area contributed by atoms with Gasteiger partial charge in [-0.1, -0.05) is 38.5 Å². The van der Waals surface area contributed by atoms with Gasteiger partial charge < -0.3 is 15.4 Å². The van der Waals surface area contributed by atoms with Crippen molar-refractivity contribution in [2.45, 2.75) is 33.2 Å². The van der Waals surface area contributed by atoms with Gasteiger partial charge in [0.15, 0.2) is 0 Å². The largest absolute Gasteiger partial charge is 0.494 e. The maximum atomic E-state index is 12.4. The monoisotopic (exact) mass is 326 g/mol. The first-order valence-electron chi connectivity index (χ1n) is 8.57. The molecule has 0 saturated carbocycles.